The number of allylic oxidation sites excluding steroid dienone is 1. The summed E-state index contributed by atoms with van der Waals surface area (Å²) in [5.41, 5.74) is 3.98. The van der Waals surface area contributed by atoms with Crippen LogP contribution >= 0.6 is 23.1 Å². The summed E-state index contributed by atoms with van der Waals surface area (Å²) in [5.74, 6) is 1.34. The Labute approximate surface area is 241 Å². The predicted octanol–water partition coefficient (Wildman–Crippen LogP) is 5.91. The molecular formula is C29H30N4O5S2. The average molecular weight is 579 g/mol. The van der Waals surface area contributed by atoms with Crippen molar-refractivity contribution in [1.29, 1.82) is 0 Å². The maximum atomic E-state index is 12.9. The van der Waals surface area contributed by atoms with Crippen LogP contribution in [0.2, 0.25) is 0 Å². The third-order valence-electron chi connectivity index (χ3n) is 5.96. The highest BCUT2D eigenvalue weighted by atomic mass is 32.2. The van der Waals surface area contributed by atoms with Crippen LogP contribution in [0, 0.1) is 13.8 Å². The molecule has 0 bridgehead atoms. The van der Waals surface area contributed by atoms with E-state index in [2.05, 4.69) is 28.2 Å². The SMILES string of the molecule is C=CCn1c(COc2ccc(C)cc2C)nnc1SCC(=O)Nc1scc(-c2ccc(OC)cc2)c1C(=O)OC. The summed E-state index contributed by atoms with van der Waals surface area (Å²) < 4.78 is 18.1. The molecule has 1 amide bonds. The molecule has 208 valence electrons. The lowest BCUT2D eigenvalue weighted by Crippen LogP contribution is -2.16. The van der Waals surface area contributed by atoms with E-state index in [1.165, 1.54) is 30.2 Å². The second kappa shape index (κ2) is 13.3. The van der Waals surface area contributed by atoms with E-state index in [0.717, 1.165) is 22.4 Å². The fourth-order valence-electron chi connectivity index (χ4n) is 3.98. The zero-order valence-electron chi connectivity index (χ0n) is 22.7. The van der Waals surface area contributed by atoms with Gasteiger partial charge in [-0.25, -0.2) is 4.79 Å². The minimum atomic E-state index is -0.533. The number of aromatic nitrogens is 3. The van der Waals surface area contributed by atoms with Crippen LogP contribution in [0.25, 0.3) is 11.1 Å². The van der Waals surface area contributed by atoms with Crippen molar-refractivity contribution in [2.24, 2.45) is 0 Å². The maximum Gasteiger partial charge on any atom is 0.341 e. The summed E-state index contributed by atoms with van der Waals surface area (Å²) in [4.78, 5) is 25.6. The molecule has 0 aliphatic carbocycles. The number of hydrogen-bond acceptors (Lipinski definition) is 9. The average Bonchev–Trinajstić information content (AvgIpc) is 3.55. The van der Waals surface area contributed by atoms with Gasteiger partial charge in [0.05, 0.1) is 20.0 Å². The summed E-state index contributed by atoms with van der Waals surface area (Å²) in [6.45, 7) is 8.55. The van der Waals surface area contributed by atoms with Gasteiger partial charge in [-0.1, -0.05) is 47.7 Å². The van der Waals surface area contributed by atoms with E-state index >= 15 is 0 Å². The lowest BCUT2D eigenvalue weighted by atomic mass is 10.0. The number of nitrogens with one attached hydrogen (secondary N) is 1. The van der Waals surface area contributed by atoms with Gasteiger partial charge in [-0.05, 0) is 43.2 Å². The first-order chi connectivity index (χ1) is 19.3. The highest BCUT2D eigenvalue weighted by Crippen LogP contribution is 2.37. The smallest absolute Gasteiger partial charge is 0.341 e. The van der Waals surface area contributed by atoms with E-state index in [1.807, 2.05) is 60.2 Å². The molecule has 4 aromatic rings. The van der Waals surface area contributed by atoms with Crippen LogP contribution in [0.1, 0.15) is 27.3 Å². The number of ether oxygens (including phenoxy) is 3. The number of aryl methyl sites for hydroxylation is 2. The monoisotopic (exact) mass is 578 g/mol. The van der Waals surface area contributed by atoms with Gasteiger partial charge in [0.25, 0.3) is 0 Å². The van der Waals surface area contributed by atoms with Crippen molar-refractivity contribution >= 4 is 40.0 Å². The van der Waals surface area contributed by atoms with Crippen molar-refractivity contribution in [3.05, 3.63) is 83.0 Å². The molecule has 0 aliphatic heterocycles. The number of anilines is 1. The first-order valence-electron chi connectivity index (χ1n) is 12.3. The Morgan fingerprint density at radius 3 is 2.58 bits per heavy atom. The van der Waals surface area contributed by atoms with Gasteiger partial charge in [0, 0.05) is 17.5 Å². The quantitative estimate of drug-likeness (QED) is 0.126. The molecule has 2 heterocycles. The number of hydrogen-bond donors (Lipinski definition) is 1. The van der Waals surface area contributed by atoms with E-state index in [1.54, 1.807) is 13.2 Å². The fourth-order valence-corrected chi connectivity index (χ4v) is 5.72. The molecule has 0 spiro atoms. The maximum absolute atomic E-state index is 12.9. The number of rotatable bonds is 12. The Hall–Kier alpha value is -4.09. The van der Waals surface area contributed by atoms with Crippen LogP contribution in [0.15, 0.2) is 65.7 Å². The molecule has 0 aliphatic rings. The van der Waals surface area contributed by atoms with Gasteiger partial charge in [0.2, 0.25) is 5.91 Å². The summed E-state index contributed by atoms with van der Waals surface area (Å²) in [5, 5.41) is 14.2. The molecule has 2 aromatic heterocycles. The molecule has 11 heteroatoms. The molecule has 4 rings (SSSR count). The largest absolute Gasteiger partial charge is 0.497 e. The van der Waals surface area contributed by atoms with Crippen LogP contribution < -0.4 is 14.8 Å². The molecule has 0 radical (unpaired) electrons. The van der Waals surface area contributed by atoms with Crippen LogP contribution in [-0.2, 0) is 22.7 Å². The summed E-state index contributed by atoms with van der Waals surface area (Å²) in [6, 6.07) is 13.3. The van der Waals surface area contributed by atoms with E-state index in [4.69, 9.17) is 14.2 Å². The molecular weight excluding hydrogens is 548 g/mol. The Morgan fingerprint density at radius 2 is 1.90 bits per heavy atom. The summed E-state index contributed by atoms with van der Waals surface area (Å²) in [7, 11) is 2.90. The van der Waals surface area contributed by atoms with E-state index in [9.17, 15) is 9.59 Å². The lowest BCUT2D eigenvalue weighted by molar-refractivity contribution is -0.113. The summed E-state index contributed by atoms with van der Waals surface area (Å²) in [6.07, 6.45) is 1.74. The number of carbonyl (C=O) groups is 2. The number of thioether (sulfide) groups is 1. The summed E-state index contributed by atoms with van der Waals surface area (Å²) >= 11 is 2.50. The third kappa shape index (κ3) is 6.72. The Balaban J connectivity index is 1.45. The number of esters is 1. The predicted molar refractivity (Wildman–Crippen MR) is 157 cm³/mol. The van der Waals surface area contributed by atoms with Gasteiger partial charge in [0.15, 0.2) is 11.0 Å². The molecule has 9 nitrogen and oxygen atoms in total. The van der Waals surface area contributed by atoms with Gasteiger partial charge in [-0.15, -0.1) is 28.1 Å². The molecule has 0 fully saturated rings. The van der Waals surface area contributed by atoms with Crippen LogP contribution in [0.5, 0.6) is 11.5 Å². The van der Waals surface area contributed by atoms with Crippen molar-refractivity contribution in [2.75, 3.05) is 25.3 Å². The highest BCUT2D eigenvalue weighted by molar-refractivity contribution is 7.99. The molecule has 0 unspecified atom stereocenters. The molecule has 0 atom stereocenters. The molecule has 2 aromatic carbocycles. The topological polar surface area (TPSA) is 105 Å². The normalized spacial score (nSPS) is 10.7. The number of carbonyl (C=O) groups excluding carboxylic acids is 2. The zero-order valence-corrected chi connectivity index (χ0v) is 24.4. The Morgan fingerprint density at radius 1 is 1.12 bits per heavy atom. The van der Waals surface area contributed by atoms with Gasteiger partial charge in [-0.2, -0.15) is 0 Å². The number of benzene rings is 2. The van der Waals surface area contributed by atoms with Gasteiger partial charge >= 0.3 is 5.97 Å². The van der Waals surface area contributed by atoms with Gasteiger partial charge in [0.1, 0.15) is 28.7 Å². The Bertz CT molecular complexity index is 1510. The van der Waals surface area contributed by atoms with Crippen LogP contribution in [-0.4, -0.2) is 46.6 Å². The van der Waals surface area contributed by atoms with E-state index in [-0.39, 0.29) is 18.3 Å². The zero-order chi connectivity index (χ0) is 28.6. The minimum Gasteiger partial charge on any atom is -0.497 e. The van der Waals surface area contributed by atoms with E-state index in [0.29, 0.717) is 39.4 Å². The minimum absolute atomic E-state index is 0.0591. The second-order valence-corrected chi connectivity index (χ2v) is 10.6. The number of methoxy groups -OCH3 is 2. The fraction of sp³-hybridized carbons (Fsp3) is 0.241. The van der Waals surface area contributed by atoms with Crippen molar-refractivity contribution < 1.29 is 23.8 Å². The van der Waals surface area contributed by atoms with Crippen LogP contribution in [0.3, 0.4) is 0 Å². The molecule has 0 saturated carbocycles. The first kappa shape index (κ1) is 28.9. The lowest BCUT2D eigenvalue weighted by Gasteiger charge is -2.11. The number of thiophene rings is 1. The number of nitrogens with zero attached hydrogens (tertiary/aromatic N) is 3. The third-order valence-corrected chi connectivity index (χ3v) is 7.82. The van der Waals surface area contributed by atoms with Crippen molar-refractivity contribution in [1.82, 2.24) is 14.8 Å². The van der Waals surface area contributed by atoms with Crippen LogP contribution in [0.4, 0.5) is 5.00 Å². The number of amides is 1. The molecule has 40 heavy (non-hydrogen) atoms. The molecule has 0 saturated heterocycles. The van der Waals surface area contributed by atoms with Crippen molar-refractivity contribution in [3.8, 4) is 22.6 Å². The van der Waals surface area contributed by atoms with Crippen molar-refractivity contribution in [2.45, 2.75) is 32.2 Å². The highest BCUT2D eigenvalue weighted by Gasteiger charge is 2.23. The van der Waals surface area contributed by atoms with Gasteiger partial charge < -0.3 is 19.5 Å². The standard InChI is InChI=1S/C29H30N4O5S2/c1-6-13-33-24(15-38-23-12-7-18(2)14-19(23)3)31-32-29(33)40-17-25(34)30-27-26(28(35)37-5)22(16-39-27)20-8-10-21(36-4)11-9-20/h6-12,14,16H,1,13,15,17H2,2-5H3,(H,30,34). The second-order valence-electron chi connectivity index (χ2n) is 8.77. The molecule has 1 N–H and O–H groups in total. The Kier molecular flexibility index (Phi) is 9.62. The van der Waals surface area contributed by atoms with E-state index < -0.39 is 5.97 Å². The van der Waals surface area contributed by atoms with Crippen molar-refractivity contribution in [3.63, 3.8) is 0 Å². The van der Waals surface area contributed by atoms with Gasteiger partial charge in [-0.3, -0.25) is 9.36 Å². The first-order valence-corrected chi connectivity index (χ1v) is 14.2.